The Morgan fingerprint density at radius 2 is 1.79 bits per heavy atom. The van der Waals surface area contributed by atoms with Gasteiger partial charge in [-0.1, -0.05) is 57.2 Å². The minimum atomic E-state index is -0.358. The Hall–Kier alpha value is -1.51. The number of unbranched alkanes of at least 4 members (excludes halogenated alkanes) is 5. The topological polar surface area (TPSA) is 38.3 Å². The van der Waals surface area contributed by atoms with Crippen molar-refractivity contribution < 1.29 is 9.53 Å². The summed E-state index contributed by atoms with van der Waals surface area (Å²) >= 11 is 0. The molecule has 0 radical (unpaired) electrons. The Morgan fingerprint density at radius 1 is 1.11 bits per heavy atom. The minimum Gasteiger partial charge on any atom is -0.449 e. The van der Waals surface area contributed by atoms with Gasteiger partial charge in [-0.15, -0.1) is 0 Å². The molecule has 0 aliphatic heterocycles. The van der Waals surface area contributed by atoms with Gasteiger partial charge in [0.1, 0.15) is 0 Å². The second-order valence-corrected chi connectivity index (χ2v) is 4.84. The van der Waals surface area contributed by atoms with Crippen LogP contribution in [0.2, 0.25) is 0 Å². The van der Waals surface area contributed by atoms with Crippen molar-refractivity contribution in [2.24, 2.45) is 0 Å². The lowest BCUT2D eigenvalue weighted by atomic mass is 10.1. The molecular formula is C16H25NO2. The van der Waals surface area contributed by atoms with Gasteiger partial charge in [0.05, 0.1) is 6.61 Å². The number of amides is 1. The number of hydrogen-bond donors (Lipinski definition) is 1. The van der Waals surface area contributed by atoms with E-state index in [0.717, 1.165) is 24.1 Å². The number of carbonyl (C=O) groups excluding carboxylic acids is 1. The zero-order valence-corrected chi connectivity index (χ0v) is 12.1. The summed E-state index contributed by atoms with van der Waals surface area (Å²) in [6, 6.07) is 7.68. The molecule has 106 valence electrons. The maximum absolute atomic E-state index is 11.6. The zero-order valence-electron chi connectivity index (χ0n) is 12.1. The van der Waals surface area contributed by atoms with E-state index in [2.05, 4.69) is 12.2 Å². The highest BCUT2D eigenvalue weighted by molar-refractivity contribution is 5.85. The molecule has 1 N–H and O–H groups in total. The number of para-hydroxylation sites is 1. The molecule has 1 aromatic rings. The summed E-state index contributed by atoms with van der Waals surface area (Å²) < 4.78 is 5.16. The van der Waals surface area contributed by atoms with Gasteiger partial charge in [0.25, 0.3) is 0 Å². The van der Waals surface area contributed by atoms with Crippen molar-refractivity contribution >= 4 is 11.8 Å². The predicted molar refractivity (Wildman–Crippen MR) is 79.5 cm³/mol. The van der Waals surface area contributed by atoms with E-state index in [1.54, 1.807) is 0 Å². The lowest BCUT2D eigenvalue weighted by Crippen LogP contribution is -2.15. The Kier molecular flexibility index (Phi) is 7.71. The van der Waals surface area contributed by atoms with Crippen LogP contribution >= 0.6 is 0 Å². The number of ether oxygens (including phenoxy) is 1. The molecule has 1 rings (SSSR count). The molecule has 0 unspecified atom stereocenters. The highest BCUT2D eigenvalue weighted by atomic mass is 16.5. The third kappa shape index (κ3) is 6.85. The van der Waals surface area contributed by atoms with E-state index in [1.165, 1.54) is 25.7 Å². The molecule has 0 aromatic heterocycles. The van der Waals surface area contributed by atoms with Crippen LogP contribution in [0, 0.1) is 6.92 Å². The van der Waals surface area contributed by atoms with Gasteiger partial charge in [-0.2, -0.15) is 0 Å². The molecule has 0 atom stereocenters. The normalized spacial score (nSPS) is 10.2. The van der Waals surface area contributed by atoms with Crippen molar-refractivity contribution in [3.05, 3.63) is 29.8 Å². The molecule has 0 aliphatic carbocycles. The molecule has 1 aromatic carbocycles. The molecule has 19 heavy (non-hydrogen) atoms. The summed E-state index contributed by atoms with van der Waals surface area (Å²) in [5, 5.41) is 2.76. The first kappa shape index (κ1) is 15.5. The lowest BCUT2D eigenvalue weighted by molar-refractivity contribution is 0.159. The number of rotatable bonds is 8. The quantitative estimate of drug-likeness (QED) is 0.677. The molecular weight excluding hydrogens is 238 g/mol. The fraction of sp³-hybridized carbons (Fsp3) is 0.562. The average molecular weight is 263 g/mol. The van der Waals surface area contributed by atoms with Gasteiger partial charge in [-0.25, -0.2) is 4.79 Å². The van der Waals surface area contributed by atoms with E-state index in [1.807, 2.05) is 31.2 Å². The molecule has 0 spiro atoms. The zero-order chi connectivity index (χ0) is 13.9. The SMILES string of the molecule is CCCCCCCCOC(=O)Nc1ccccc1C. The van der Waals surface area contributed by atoms with Crippen LogP contribution in [-0.2, 0) is 4.74 Å². The number of aryl methyl sites for hydroxylation is 1. The average Bonchev–Trinajstić information content (AvgIpc) is 2.40. The summed E-state index contributed by atoms with van der Waals surface area (Å²) in [6.07, 6.45) is 6.80. The Bertz CT molecular complexity index is 377. The largest absolute Gasteiger partial charge is 0.449 e. The van der Waals surface area contributed by atoms with E-state index in [4.69, 9.17) is 4.74 Å². The van der Waals surface area contributed by atoms with E-state index in [0.29, 0.717) is 6.61 Å². The van der Waals surface area contributed by atoms with Crippen LogP contribution in [0.25, 0.3) is 0 Å². The van der Waals surface area contributed by atoms with Gasteiger partial charge in [0.15, 0.2) is 0 Å². The summed E-state index contributed by atoms with van der Waals surface area (Å²) in [5.74, 6) is 0. The smallest absolute Gasteiger partial charge is 0.411 e. The first-order chi connectivity index (χ1) is 9.24. The third-order valence-corrected chi connectivity index (χ3v) is 3.11. The molecule has 0 fully saturated rings. The van der Waals surface area contributed by atoms with Gasteiger partial charge in [-0.3, -0.25) is 5.32 Å². The predicted octanol–water partition coefficient (Wildman–Crippen LogP) is 4.90. The van der Waals surface area contributed by atoms with Crippen molar-refractivity contribution in [3.63, 3.8) is 0 Å². The number of anilines is 1. The fourth-order valence-corrected chi connectivity index (χ4v) is 1.91. The molecule has 0 saturated carbocycles. The molecule has 0 bridgehead atoms. The Balaban J connectivity index is 2.10. The maximum Gasteiger partial charge on any atom is 0.411 e. The van der Waals surface area contributed by atoms with E-state index >= 15 is 0 Å². The monoisotopic (exact) mass is 263 g/mol. The van der Waals surface area contributed by atoms with Crippen molar-refractivity contribution in [1.29, 1.82) is 0 Å². The van der Waals surface area contributed by atoms with Crippen LogP contribution in [0.1, 0.15) is 51.0 Å². The highest BCUT2D eigenvalue weighted by Gasteiger charge is 2.04. The Morgan fingerprint density at radius 3 is 2.53 bits per heavy atom. The van der Waals surface area contributed by atoms with Crippen molar-refractivity contribution in [3.8, 4) is 0 Å². The van der Waals surface area contributed by atoms with Crippen LogP contribution in [0.4, 0.5) is 10.5 Å². The van der Waals surface area contributed by atoms with Gasteiger partial charge in [-0.05, 0) is 25.0 Å². The van der Waals surface area contributed by atoms with Crippen LogP contribution in [0.3, 0.4) is 0 Å². The fourth-order valence-electron chi connectivity index (χ4n) is 1.91. The van der Waals surface area contributed by atoms with Crippen molar-refractivity contribution in [1.82, 2.24) is 0 Å². The first-order valence-electron chi connectivity index (χ1n) is 7.23. The summed E-state index contributed by atoms with van der Waals surface area (Å²) in [7, 11) is 0. The molecule has 0 heterocycles. The Labute approximate surface area is 116 Å². The van der Waals surface area contributed by atoms with Crippen molar-refractivity contribution in [2.45, 2.75) is 52.4 Å². The van der Waals surface area contributed by atoms with Crippen molar-refractivity contribution in [2.75, 3.05) is 11.9 Å². The molecule has 3 heteroatoms. The molecule has 0 saturated heterocycles. The molecule has 1 amide bonds. The van der Waals surface area contributed by atoms with Gasteiger partial charge >= 0.3 is 6.09 Å². The van der Waals surface area contributed by atoms with Crippen LogP contribution in [-0.4, -0.2) is 12.7 Å². The van der Waals surface area contributed by atoms with Crippen LogP contribution in [0.15, 0.2) is 24.3 Å². The van der Waals surface area contributed by atoms with E-state index in [9.17, 15) is 4.79 Å². The summed E-state index contributed by atoms with van der Waals surface area (Å²) in [6.45, 7) is 4.67. The van der Waals surface area contributed by atoms with Gasteiger partial charge < -0.3 is 4.74 Å². The summed E-state index contributed by atoms with van der Waals surface area (Å²) in [5.41, 5.74) is 1.86. The number of hydrogen-bond acceptors (Lipinski definition) is 2. The minimum absolute atomic E-state index is 0.358. The van der Waals surface area contributed by atoms with Gasteiger partial charge in [0.2, 0.25) is 0 Å². The standard InChI is InChI=1S/C16H25NO2/c1-3-4-5-6-7-10-13-19-16(18)17-15-12-9-8-11-14(15)2/h8-9,11-12H,3-7,10,13H2,1-2H3,(H,17,18). The number of carbonyl (C=O) groups is 1. The first-order valence-corrected chi connectivity index (χ1v) is 7.23. The lowest BCUT2D eigenvalue weighted by Gasteiger charge is -2.08. The molecule has 0 aliphatic rings. The highest BCUT2D eigenvalue weighted by Crippen LogP contribution is 2.13. The van der Waals surface area contributed by atoms with E-state index < -0.39 is 0 Å². The number of nitrogens with one attached hydrogen (secondary N) is 1. The third-order valence-electron chi connectivity index (χ3n) is 3.11. The molecule has 3 nitrogen and oxygen atoms in total. The summed E-state index contributed by atoms with van der Waals surface area (Å²) in [4.78, 5) is 11.6. The van der Waals surface area contributed by atoms with E-state index in [-0.39, 0.29) is 6.09 Å². The maximum atomic E-state index is 11.6. The second kappa shape index (κ2) is 9.42. The number of benzene rings is 1. The van der Waals surface area contributed by atoms with Gasteiger partial charge in [0, 0.05) is 5.69 Å². The van der Waals surface area contributed by atoms with Crippen LogP contribution in [0.5, 0.6) is 0 Å². The second-order valence-electron chi connectivity index (χ2n) is 4.84. The van der Waals surface area contributed by atoms with Crippen LogP contribution < -0.4 is 5.32 Å².